The Morgan fingerprint density at radius 3 is 2.32 bits per heavy atom. The van der Waals surface area contributed by atoms with E-state index in [0.717, 1.165) is 6.92 Å². The molecule has 0 aromatic heterocycles. The summed E-state index contributed by atoms with van der Waals surface area (Å²) in [4.78, 5) is 21.6. The van der Waals surface area contributed by atoms with Crippen molar-refractivity contribution in [1.29, 1.82) is 0 Å². The molecule has 2 N–H and O–H groups in total. The van der Waals surface area contributed by atoms with E-state index in [2.05, 4.69) is 4.74 Å². The number of halogens is 4. The number of carbonyl (C=O) groups excluding carboxylic acids is 1. The number of ether oxygens (including phenoxy) is 1. The number of hydrogen-bond donors (Lipinski definition) is 2. The maximum Gasteiger partial charge on any atom is 0.573 e. The van der Waals surface area contributed by atoms with Crippen LogP contribution in [0, 0.1) is 5.82 Å². The average molecular weight is 281 g/mol. The Morgan fingerprint density at radius 1 is 1.32 bits per heavy atom. The van der Waals surface area contributed by atoms with Gasteiger partial charge in [-0.3, -0.25) is 4.79 Å². The predicted octanol–water partition coefficient (Wildman–Crippen LogP) is 2.38. The van der Waals surface area contributed by atoms with Crippen molar-refractivity contribution >= 4 is 17.6 Å². The highest BCUT2D eigenvalue weighted by molar-refractivity contribution is 6.00. The topological polar surface area (TPSA) is 75.6 Å². The smallest absolute Gasteiger partial charge is 0.478 e. The number of carbonyl (C=O) groups is 2. The molecule has 0 bridgehead atoms. The minimum Gasteiger partial charge on any atom is -0.478 e. The molecule has 5 nitrogen and oxygen atoms in total. The first-order valence-corrected chi connectivity index (χ1v) is 4.71. The third-order valence-electron chi connectivity index (χ3n) is 1.86. The number of aromatic carboxylic acids is 1. The second kappa shape index (κ2) is 5.12. The van der Waals surface area contributed by atoms with Crippen molar-refractivity contribution in [2.75, 3.05) is 5.32 Å². The summed E-state index contributed by atoms with van der Waals surface area (Å²) in [7, 11) is 0. The number of carboxylic acids is 1. The van der Waals surface area contributed by atoms with Gasteiger partial charge in [0.15, 0.2) is 11.6 Å². The molecule has 0 aliphatic carbocycles. The van der Waals surface area contributed by atoms with Crippen LogP contribution in [0.1, 0.15) is 17.3 Å². The highest BCUT2D eigenvalue weighted by Crippen LogP contribution is 2.32. The Labute approximate surface area is 103 Å². The van der Waals surface area contributed by atoms with Crippen LogP contribution in [0.4, 0.5) is 23.2 Å². The first-order chi connectivity index (χ1) is 8.61. The zero-order valence-corrected chi connectivity index (χ0v) is 9.34. The van der Waals surface area contributed by atoms with E-state index >= 15 is 0 Å². The Hall–Kier alpha value is -2.32. The lowest BCUT2D eigenvalue weighted by Crippen LogP contribution is -2.19. The Bertz CT molecular complexity index is 527. The van der Waals surface area contributed by atoms with Gasteiger partial charge in [-0.1, -0.05) is 0 Å². The SMILES string of the molecule is CC(=O)Nc1c(C(=O)O)ccc(OC(F)(F)F)c1F. The Morgan fingerprint density at radius 2 is 1.89 bits per heavy atom. The fourth-order valence-corrected chi connectivity index (χ4v) is 1.24. The summed E-state index contributed by atoms with van der Waals surface area (Å²) in [6.45, 7) is 0.947. The molecule has 0 radical (unpaired) electrons. The fourth-order valence-electron chi connectivity index (χ4n) is 1.24. The number of alkyl halides is 3. The zero-order valence-electron chi connectivity index (χ0n) is 9.34. The van der Waals surface area contributed by atoms with Crippen LogP contribution in [0.15, 0.2) is 12.1 Å². The molecule has 0 fully saturated rings. The van der Waals surface area contributed by atoms with Crippen LogP contribution in [0.3, 0.4) is 0 Å². The molecule has 1 aromatic carbocycles. The standard InChI is InChI=1S/C10H7F4NO4/c1-4(16)15-8-5(9(17)18)2-3-6(7(8)11)19-10(12,13)14/h2-3H,1H3,(H,15,16)(H,17,18). The highest BCUT2D eigenvalue weighted by Gasteiger charge is 2.33. The van der Waals surface area contributed by atoms with E-state index in [9.17, 15) is 27.2 Å². The van der Waals surface area contributed by atoms with Crippen LogP contribution in [0.2, 0.25) is 0 Å². The number of amides is 1. The second-order valence-electron chi connectivity index (χ2n) is 3.33. The number of carboxylic acid groups (broad SMARTS) is 1. The van der Waals surface area contributed by atoms with Crippen LogP contribution >= 0.6 is 0 Å². The van der Waals surface area contributed by atoms with Gasteiger partial charge < -0.3 is 15.2 Å². The van der Waals surface area contributed by atoms with Crippen molar-refractivity contribution < 1.29 is 37.0 Å². The predicted molar refractivity (Wildman–Crippen MR) is 54.3 cm³/mol. The Balaban J connectivity index is 3.33. The quantitative estimate of drug-likeness (QED) is 0.834. The molecule has 1 amide bonds. The van der Waals surface area contributed by atoms with Crippen molar-refractivity contribution in [3.8, 4) is 5.75 Å². The molecule has 0 aliphatic rings. The van der Waals surface area contributed by atoms with Crippen molar-refractivity contribution in [2.24, 2.45) is 0 Å². The summed E-state index contributed by atoms with van der Waals surface area (Å²) in [5, 5.41) is 10.6. The molecule has 0 atom stereocenters. The van der Waals surface area contributed by atoms with Crippen molar-refractivity contribution in [2.45, 2.75) is 13.3 Å². The van der Waals surface area contributed by atoms with E-state index in [0.29, 0.717) is 12.1 Å². The maximum absolute atomic E-state index is 13.7. The maximum atomic E-state index is 13.7. The minimum atomic E-state index is -5.14. The molecule has 104 valence electrons. The third kappa shape index (κ3) is 3.83. The summed E-state index contributed by atoms with van der Waals surface area (Å²) in [6, 6.07) is 1.20. The summed E-state index contributed by atoms with van der Waals surface area (Å²) in [5.41, 5.74) is -1.58. The van der Waals surface area contributed by atoms with Gasteiger partial charge in [-0.25, -0.2) is 9.18 Å². The van der Waals surface area contributed by atoms with Crippen molar-refractivity contribution in [3.05, 3.63) is 23.5 Å². The van der Waals surface area contributed by atoms with Crippen molar-refractivity contribution in [3.63, 3.8) is 0 Å². The molecule has 0 spiro atoms. The van der Waals surface area contributed by atoms with Crippen LogP contribution in [-0.2, 0) is 4.79 Å². The molecule has 0 heterocycles. The van der Waals surface area contributed by atoms with E-state index in [1.54, 1.807) is 0 Å². The third-order valence-corrected chi connectivity index (χ3v) is 1.86. The molecular weight excluding hydrogens is 274 g/mol. The molecule has 1 aromatic rings. The van der Waals surface area contributed by atoms with Crippen LogP contribution in [-0.4, -0.2) is 23.3 Å². The molecule has 0 saturated heterocycles. The number of rotatable bonds is 3. The summed E-state index contributed by atoms with van der Waals surface area (Å²) in [5.74, 6) is -5.31. The lowest BCUT2D eigenvalue weighted by Gasteiger charge is -2.13. The molecule has 1 rings (SSSR count). The van der Waals surface area contributed by atoms with Gasteiger partial charge in [-0.2, -0.15) is 0 Å². The first kappa shape index (κ1) is 14.7. The second-order valence-corrected chi connectivity index (χ2v) is 3.33. The molecule has 0 aliphatic heterocycles. The lowest BCUT2D eigenvalue weighted by molar-refractivity contribution is -0.275. The highest BCUT2D eigenvalue weighted by atomic mass is 19.4. The average Bonchev–Trinajstić information content (AvgIpc) is 2.21. The van der Waals surface area contributed by atoms with Crippen molar-refractivity contribution in [1.82, 2.24) is 0 Å². The van der Waals surface area contributed by atoms with Gasteiger partial charge in [-0.05, 0) is 12.1 Å². The van der Waals surface area contributed by atoms with Gasteiger partial charge in [0.05, 0.1) is 11.3 Å². The summed E-state index contributed by atoms with van der Waals surface area (Å²) in [6.07, 6.45) is -5.14. The van der Waals surface area contributed by atoms with E-state index in [1.165, 1.54) is 0 Å². The molecule has 0 saturated carbocycles. The van der Waals surface area contributed by atoms with E-state index in [4.69, 9.17) is 5.11 Å². The number of anilines is 1. The van der Waals surface area contributed by atoms with Crippen LogP contribution in [0.25, 0.3) is 0 Å². The summed E-state index contributed by atoms with van der Waals surface area (Å²) < 4.78 is 53.0. The van der Waals surface area contributed by atoms with Gasteiger partial charge in [-0.15, -0.1) is 13.2 Å². The molecule has 19 heavy (non-hydrogen) atoms. The lowest BCUT2D eigenvalue weighted by atomic mass is 10.1. The van der Waals surface area contributed by atoms with Gasteiger partial charge in [0.1, 0.15) is 0 Å². The van der Waals surface area contributed by atoms with E-state index < -0.39 is 41.1 Å². The van der Waals surface area contributed by atoms with Gasteiger partial charge in [0.25, 0.3) is 0 Å². The van der Waals surface area contributed by atoms with Gasteiger partial charge in [0, 0.05) is 6.92 Å². The summed E-state index contributed by atoms with van der Waals surface area (Å²) >= 11 is 0. The minimum absolute atomic E-state index is 0.512. The Kier molecular flexibility index (Phi) is 3.98. The fraction of sp³-hybridized carbons (Fsp3) is 0.200. The number of benzene rings is 1. The van der Waals surface area contributed by atoms with Gasteiger partial charge in [0.2, 0.25) is 5.91 Å². The van der Waals surface area contributed by atoms with E-state index in [-0.39, 0.29) is 0 Å². The first-order valence-electron chi connectivity index (χ1n) is 4.71. The zero-order chi connectivity index (χ0) is 14.8. The molecular formula is C10H7F4NO4. The molecule has 0 unspecified atom stereocenters. The number of nitrogens with one attached hydrogen (secondary N) is 1. The van der Waals surface area contributed by atoms with Crippen LogP contribution in [0.5, 0.6) is 5.75 Å². The number of hydrogen-bond acceptors (Lipinski definition) is 3. The molecule has 9 heteroatoms. The van der Waals surface area contributed by atoms with Crippen LogP contribution < -0.4 is 10.1 Å². The van der Waals surface area contributed by atoms with Gasteiger partial charge >= 0.3 is 12.3 Å². The van der Waals surface area contributed by atoms with E-state index in [1.807, 2.05) is 5.32 Å². The largest absolute Gasteiger partial charge is 0.573 e. The normalized spacial score (nSPS) is 11.0. The monoisotopic (exact) mass is 281 g/mol.